The fraction of sp³-hybridized carbons (Fsp3) is 0.400. The molecule has 0 atom stereocenters. The summed E-state index contributed by atoms with van der Waals surface area (Å²) in [6.45, 7) is 0. The molecule has 1 saturated heterocycles. The molecule has 0 unspecified atom stereocenters. The summed E-state index contributed by atoms with van der Waals surface area (Å²) in [5, 5.41) is 2.25. The minimum atomic E-state index is -0.352. The minimum Gasteiger partial charge on any atom is -0.457 e. The van der Waals surface area contributed by atoms with E-state index in [0.717, 1.165) is 31.0 Å². The minimum absolute atomic E-state index is 0.0539. The van der Waals surface area contributed by atoms with E-state index in [1.54, 1.807) is 36.4 Å². The summed E-state index contributed by atoms with van der Waals surface area (Å²) < 4.78 is 6.22. The van der Waals surface area contributed by atoms with Crippen molar-refractivity contribution in [1.29, 1.82) is 0 Å². The van der Waals surface area contributed by atoms with Crippen LogP contribution in [0, 0.1) is 23.2 Å². The fourth-order valence-electron chi connectivity index (χ4n) is 6.57. The molecule has 5 nitrogen and oxygen atoms in total. The molecule has 4 bridgehead atoms. The lowest BCUT2D eigenvalue weighted by Crippen LogP contribution is -2.57. The highest BCUT2D eigenvalue weighted by Crippen LogP contribution is 2.60. The Balaban J connectivity index is 1.18. The van der Waals surface area contributed by atoms with Gasteiger partial charge in [-0.05, 0) is 98.8 Å². The van der Waals surface area contributed by atoms with Gasteiger partial charge in [-0.3, -0.25) is 15.0 Å². The van der Waals surface area contributed by atoms with Crippen molar-refractivity contribution in [2.75, 3.05) is 0 Å². The molecule has 0 radical (unpaired) electrons. The number of carbonyl (C=O) groups is 2. The zero-order chi connectivity index (χ0) is 23.6. The van der Waals surface area contributed by atoms with Crippen LogP contribution in [0.15, 0.2) is 39.7 Å². The van der Waals surface area contributed by atoms with Gasteiger partial charge in [0.15, 0.2) is 4.32 Å². The molecule has 9 heteroatoms. The van der Waals surface area contributed by atoms with Crippen molar-refractivity contribution in [2.24, 2.45) is 23.2 Å². The normalized spacial score (nSPS) is 31.1. The number of hydrogen-bond donors (Lipinski definition) is 1. The molecule has 1 aliphatic heterocycles. The van der Waals surface area contributed by atoms with Crippen LogP contribution in [0.1, 0.15) is 44.3 Å². The molecular formula is C25H22Cl2N2O3S2. The Morgan fingerprint density at radius 3 is 2.44 bits per heavy atom. The molecule has 0 spiro atoms. The molecule has 34 heavy (non-hydrogen) atoms. The first-order valence-electron chi connectivity index (χ1n) is 11.4. The van der Waals surface area contributed by atoms with Crippen molar-refractivity contribution in [3.8, 4) is 11.3 Å². The Labute approximate surface area is 217 Å². The van der Waals surface area contributed by atoms with E-state index < -0.39 is 0 Å². The third-order valence-electron chi connectivity index (χ3n) is 7.62. The third-order valence-corrected chi connectivity index (χ3v) is 9.47. The lowest BCUT2D eigenvalue weighted by molar-refractivity contribution is -0.152. The topological polar surface area (TPSA) is 62.6 Å². The van der Waals surface area contributed by atoms with Crippen LogP contribution in [0.4, 0.5) is 0 Å². The molecule has 2 aromatic rings. The Kier molecular flexibility index (Phi) is 5.60. The highest BCUT2D eigenvalue weighted by molar-refractivity contribution is 8.26. The molecule has 4 aliphatic carbocycles. The maximum absolute atomic E-state index is 13.4. The van der Waals surface area contributed by atoms with Crippen LogP contribution in [0.25, 0.3) is 17.4 Å². The van der Waals surface area contributed by atoms with E-state index in [1.165, 1.54) is 24.3 Å². The number of hydrazine groups is 1. The van der Waals surface area contributed by atoms with Gasteiger partial charge in [0.25, 0.3) is 5.91 Å². The van der Waals surface area contributed by atoms with Crippen molar-refractivity contribution in [1.82, 2.24) is 10.4 Å². The van der Waals surface area contributed by atoms with Crippen molar-refractivity contribution in [3.05, 3.63) is 51.0 Å². The van der Waals surface area contributed by atoms with E-state index in [-0.39, 0.29) is 17.2 Å². The van der Waals surface area contributed by atoms with Crippen LogP contribution in [0.2, 0.25) is 10.0 Å². The van der Waals surface area contributed by atoms with Crippen LogP contribution < -0.4 is 5.43 Å². The van der Waals surface area contributed by atoms with Gasteiger partial charge >= 0.3 is 0 Å². The van der Waals surface area contributed by atoms with E-state index >= 15 is 0 Å². The molecule has 1 aromatic heterocycles. The highest BCUT2D eigenvalue weighted by atomic mass is 35.5. The molecular weight excluding hydrogens is 511 g/mol. The summed E-state index contributed by atoms with van der Waals surface area (Å²) in [7, 11) is 0. The molecule has 5 fully saturated rings. The van der Waals surface area contributed by atoms with E-state index in [4.69, 9.17) is 39.8 Å². The second kappa shape index (κ2) is 8.40. The number of thioether (sulfide) groups is 1. The molecule has 1 aromatic carbocycles. The SMILES string of the molecule is O=C1/C(=C\c2ccc(-c3ccc(Cl)cc3Cl)o2)SC(=S)N1NC(=O)C12CC3CC(CC(C3)C1)C2. The number of carbonyl (C=O) groups excluding carboxylic acids is 2. The van der Waals surface area contributed by atoms with Crippen LogP contribution in [-0.4, -0.2) is 21.1 Å². The number of nitrogens with zero attached hydrogens (tertiary/aromatic N) is 1. The zero-order valence-electron chi connectivity index (χ0n) is 18.2. The highest BCUT2D eigenvalue weighted by Gasteiger charge is 2.55. The molecule has 5 aliphatic rings. The van der Waals surface area contributed by atoms with E-state index in [0.29, 0.717) is 54.1 Å². The average Bonchev–Trinajstić information content (AvgIpc) is 3.33. The molecule has 4 saturated carbocycles. The standard InChI is InChI=1S/C25H22Cl2N2O3S2/c26-16-1-3-18(19(27)8-16)20-4-2-17(32-20)9-21-22(30)29(24(33)34-21)28-23(31)25-10-13-5-14(11-25)7-15(6-13)12-25/h1-4,8-9,13-15H,5-7,10-12H2,(H,28,31)/b21-9+. The van der Waals surface area contributed by atoms with Crippen molar-refractivity contribution >= 4 is 69.4 Å². The Morgan fingerprint density at radius 2 is 1.79 bits per heavy atom. The van der Waals surface area contributed by atoms with Gasteiger partial charge in [-0.2, -0.15) is 5.01 Å². The van der Waals surface area contributed by atoms with Crippen LogP contribution in [0.3, 0.4) is 0 Å². The Hall–Kier alpha value is -1.80. The average molecular weight is 534 g/mol. The van der Waals surface area contributed by atoms with Crippen molar-refractivity contribution in [2.45, 2.75) is 38.5 Å². The third kappa shape index (κ3) is 3.91. The van der Waals surface area contributed by atoms with Gasteiger partial charge < -0.3 is 4.42 Å². The molecule has 2 heterocycles. The summed E-state index contributed by atoms with van der Waals surface area (Å²) in [5.74, 6) is 2.60. The fourth-order valence-corrected chi connectivity index (χ4v) is 8.23. The largest absolute Gasteiger partial charge is 0.457 e. The predicted molar refractivity (Wildman–Crippen MR) is 138 cm³/mol. The monoisotopic (exact) mass is 532 g/mol. The number of amides is 2. The first-order chi connectivity index (χ1) is 16.3. The zero-order valence-corrected chi connectivity index (χ0v) is 21.3. The van der Waals surface area contributed by atoms with E-state index in [9.17, 15) is 9.59 Å². The van der Waals surface area contributed by atoms with E-state index in [1.807, 2.05) is 0 Å². The van der Waals surface area contributed by atoms with Gasteiger partial charge in [0.05, 0.1) is 15.3 Å². The number of hydrogen-bond acceptors (Lipinski definition) is 5. The van der Waals surface area contributed by atoms with Gasteiger partial charge in [0, 0.05) is 16.7 Å². The molecule has 7 rings (SSSR count). The summed E-state index contributed by atoms with van der Waals surface area (Å²) >= 11 is 18.9. The van der Waals surface area contributed by atoms with Gasteiger partial charge in [-0.1, -0.05) is 35.0 Å². The first-order valence-corrected chi connectivity index (χ1v) is 13.4. The number of thiocarbonyl (C=S) groups is 1. The molecule has 1 N–H and O–H groups in total. The number of halogens is 2. The van der Waals surface area contributed by atoms with Crippen molar-refractivity contribution < 1.29 is 14.0 Å². The molecule has 176 valence electrons. The maximum atomic E-state index is 13.4. The van der Waals surface area contributed by atoms with Crippen LogP contribution >= 0.6 is 47.2 Å². The van der Waals surface area contributed by atoms with E-state index in [2.05, 4.69) is 5.43 Å². The molecule has 2 amide bonds. The van der Waals surface area contributed by atoms with Gasteiger partial charge in [0.1, 0.15) is 11.5 Å². The van der Waals surface area contributed by atoms with Gasteiger partial charge in [-0.15, -0.1) is 0 Å². The van der Waals surface area contributed by atoms with Gasteiger partial charge in [0.2, 0.25) is 5.91 Å². The summed E-state index contributed by atoms with van der Waals surface area (Å²) in [6.07, 6.45) is 8.19. The summed E-state index contributed by atoms with van der Waals surface area (Å²) in [5.41, 5.74) is 3.23. The maximum Gasteiger partial charge on any atom is 0.285 e. The second-order valence-corrected chi connectivity index (χ2v) is 12.5. The number of furan rings is 1. The Bertz CT molecular complexity index is 1220. The number of nitrogens with one attached hydrogen (secondary N) is 1. The van der Waals surface area contributed by atoms with Gasteiger partial charge in [-0.25, -0.2) is 0 Å². The van der Waals surface area contributed by atoms with Crippen LogP contribution in [-0.2, 0) is 9.59 Å². The lowest BCUT2D eigenvalue weighted by atomic mass is 9.49. The summed E-state index contributed by atoms with van der Waals surface area (Å²) in [4.78, 5) is 26.9. The number of rotatable bonds is 4. The van der Waals surface area contributed by atoms with Crippen molar-refractivity contribution in [3.63, 3.8) is 0 Å². The quantitative estimate of drug-likeness (QED) is 0.350. The number of benzene rings is 1. The lowest BCUT2D eigenvalue weighted by Gasteiger charge is -2.55. The first kappa shape index (κ1) is 22.7. The summed E-state index contributed by atoms with van der Waals surface area (Å²) in [6, 6.07) is 8.73. The van der Waals surface area contributed by atoms with Crippen LogP contribution in [0.5, 0.6) is 0 Å². The predicted octanol–water partition coefficient (Wildman–Crippen LogP) is 6.70. The second-order valence-electron chi connectivity index (χ2n) is 9.98. The Morgan fingerprint density at radius 1 is 1.12 bits per heavy atom. The smallest absolute Gasteiger partial charge is 0.285 e.